The number of aromatic nitrogens is 1. The third kappa shape index (κ3) is 6.55. The van der Waals surface area contributed by atoms with Gasteiger partial charge in [0.05, 0.1) is 36.6 Å². The van der Waals surface area contributed by atoms with Crippen molar-refractivity contribution in [2.45, 2.75) is 19.6 Å². The highest BCUT2D eigenvalue weighted by Gasteiger charge is 2.35. The van der Waals surface area contributed by atoms with Gasteiger partial charge in [-0.15, -0.1) is 0 Å². The second-order valence-electron chi connectivity index (χ2n) is 9.66. The number of hydrogen-bond acceptors (Lipinski definition) is 9. The number of ether oxygens (including phenoxy) is 5. The first kappa shape index (κ1) is 29.8. The van der Waals surface area contributed by atoms with Crippen molar-refractivity contribution >= 4 is 23.4 Å². The molecule has 3 aromatic carbocycles. The molecule has 10 heteroatoms. The fourth-order valence-electron chi connectivity index (χ4n) is 4.76. The van der Waals surface area contributed by atoms with Crippen LogP contribution >= 0.6 is 11.3 Å². The summed E-state index contributed by atoms with van der Waals surface area (Å²) in [6.07, 6.45) is 1.81. The number of thiazole rings is 1. The summed E-state index contributed by atoms with van der Waals surface area (Å²) in [6, 6.07) is 21.7. The molecule has 4 aromatic rings. The molecule has 0 aliphatic carbocycles. The average Bonchev–Trinajstić information content (AvgIpc) is 3.33. The zero-order chi connectivity index (χ0) is 30.3. The topological polar surface area (TPSA) is 97.6 Å². The zero-order valence-electron chi connectivity index (χ0n) is 24.4. The van der Waals surface area contributed by atoms with E-state index in [1.807, 2.05) is 72.8 Å². The lowest BCUT2D eigenvalue weighted by Gasteiger charge is -2.26. The number of methoxy groups -OCH3 is 3. The largest absolute Gasteiger partial charge is 0.497 e. The first-order valence-corrected chi connectivity index (χ1v) is 14.4. The summed E-state index contributed by atoms with van der Waals surface area (Å²) in [5, 5.41) is 0. The van der Waals surface area contributed by atoms with Gasteiger partial charge in [0.15, 0.2) is 4.80 Å². The smallest absolute Gasteiger partial charge is 0.338 e. The predicted octanol–water partition coefficient (Wildman–Crippen LogP) is 4.02. The second-order valence-corrected chi connectivity index (χ2v) is 10.7. The number of allylic oxidation sites excluding steroid dienone is 1. The minimum Gasteiger partial charge on any atom is -0.497 e. The van der Waals surface area contributed by atoms with Gasteiger partial charge in [-0.05, 0) is 54.5 Å². The van der Waals surface area contributed by atoms with Gasteiger partial charge in [-0.25, -0.2) is 9.79 Å². The van der Waals surface area contributed by atoms with E-state index >= 15 is 0 Å². The number of hydrogen-bond donors (Lipinski definition) is 0. The molecule has 0 spiro atoms. The number of fused-ring (bicyclic) bond motifs is 1. The maximum atomic E-state index is 13.9. The van der Waals surface area contributed by atoms with Crippen LogP contribution in [0.5, 0.6) is 17.2 Å². The van der Waals surface area contributed by atoms with E-state index in [1.54, 1.807) is 31.8 Å². The molecule has 9 nitrogen and oxygen atoms in total. The van der Waals surface area contributed by atoms with Gasteiger partial charge < -0.3 is 23.7 Å². The Bertz CT molecular complexity index is 1810. The normalized spacial score (nSPS) is 14.6. The molecular weight excluding hydrogens is 568 g/mol. The van der Waals surface area contributed by atoms with Gasteiger partial charge in [0, 0.05) is 12.7 Å². The van der Waals surface area contributed by atoms with Crippen molar-refractivity contribution in [3.8, 4) is 17.2 Å². The van der Waals surface area contributed by atoms with Gasteiger partial charge in [-0.1, -0.05) is 53.8 Å². The van der Waals surface area contributed by atoms with Crippen LogP contribution in [-0.2, 0) is 20.9 Å². The van der Waals surface area contributed by atoms with Crippen molar-refractivity contribution < 1.29 is 28.5 Å². The van der Waals surface area contributed by atoms with Crippen molar-refractivity contribution in [3.63, 3.8) is 0 Å². The van der Waals surface area contributed by atoms with E-state index in [4.69, 9.17) is 23.7 Å². The fraction of sp³-hybridized carbons (Fsp3) is 0.242. The van der Waals surface area contributed by atoms with Crippen LogP contribution in [0.4, 0.5) is 0 Å². The van der Waals surface area contributed by atoms with Gasteiger partial charge >= 0.3 is 5.97 Å². The highest BCUT2D eigenvalue weighted by molar-refractivity contribution is 7.07. The zero-order valence-corrected chi connectivity index (χ0v) is 25.2. The lowest BCUT2D eigenvalue weighted by atomic mass is 9.95. The first-order chi connectivity index (χ1) is 20.9. The van der Waals surface area contributed by atoms with E-state index < -0.39 is 12.0 Å². The molecule has 0 N–H and O–H groups in total. The molecule has 0 fully saturated rings. The van der Waals surface area contributed by atoms with Gasteiger partial charge in [0.1, 0.15) is 36.5 Å². The molecule has 1 aliphatic rings. The summed E-state index contributed by atoms with van der Waals surface area (Å²) < 4.78 is 29.3. The van der Waals surface area contributed by atoms with Crippen molar-refractivity contribution in [2.24, 2.45) is 4.99 Å². The fourth-order valence-corrected chi connectivity index (χ4v) is 5.81. The van der Waals surface area contributed by atoms with Crippen LogP contribution in [0.3, 0.4) is 0 Å². The third-order valence-electron chi connectivity index (χ3n) is 6.94. The summed E-state index contributed by atoms with van der Waals surface area (Å²) in [5.41, 5.74) is 2.99. The molecule has 43 heavy (non-hydrogen) atoms. The number of esters is 1. The Morgan fingerprint density at radius 1 is 0.930 bits per heavy atom. The van der Waals surface area contributed by atoms with E-state index in [0.717, 1.165) is 16.9 Å². The Labute approximate surface area is 252 Å². The van der Waals surface area contributed by atoms with Crippen LogP contribution in [0.15, 0.2) is 93.9 Å². The van der Waals surface area contributed by atoms with E-state index in [9.17, 15) is 9.59 Å². The SMILES string of the molecule is COCCOC(=O)C1=C(C)N=c2sc(=Cc3ccc(OCc4ccc(OC)cc4)cc3)c(=O)n2C1c1ccccc1OC. The molecule has 5 rings (SSSR count). The van der Waals surface area contributed by atoms with E-state index in [2.05, 4.69) is 4.99 Å². The average molecular weight is 601 g/mol. The highest BCUT2D eigenvalue weighted by Crippen LogP contribution is 2.35. The second kappa shape index (κ2) is 13.5. The van der Waals surface area contributed by atoms with Crippen molar-refractivity contribution in [1.82, 2.24) is 4.57 Å². The Morgan fingerprint density at radius 2 is 1.65 bits per heavy atom. The highest BCUT2D eigenvalue weighted by atomic mass is 32.1. The van der Waals surface area contributed by atoms with Crippen molar-refractivity contribution in [2.75, 3.05) is 34.5 Å². The first-order valence-electron chi connectivity index (χ1n) is 13.6. The van der Waals surface area contributed by atoms with E-state index in [-0.39, 0.29) is 24.3 Å². The molecule has 0 saturated carbocycles. The van der Waals surface area contributed by atoms with Gasteiger partial charge in [0.2, 0.25) is 0 Å². The lowest BCUT2D eigenvalue weighted by Crippen LogP contribution is -2.40. The molecule has 1 unspecified atom stereocenters. The number of rotatable bonds is 11. The Kier molecular flexibility index (Phi) is 9.38. The standard InChI is InChI=1S/C33H32N2O7S/c1-21-29(32(37)41-18-17-38-2)30(26-7-5-6-8-27(26)40-4)35-31(36)28(43-33(35)34-21)19-22-9-15-25(16-10-22)42-20-23-11-13-24(39-3)14-12-23/h5-16,19,30H,17-18,20H2,1-4H3. The van der Waals surface area contributed by atoms with Gasteiger partial charge in [-0.2, -0.15) is 0 Å². The maximum absolute atomic E-state index is 13.9. The number of nitrogens with zero attached hydrogens (tertiary/aromatic N) is 2. The number of para-hydroxylation sites is 1. The monoisotopic (exact) mass is 600 g/mol. The number of carbonyl (C=O) groups excluding carboxylic acids is 1. The summed E-state index contributed by atoms with van der Waals surface area (Å²) in [7, 11) is 4.72. The molecular formula is C33H32N2O7S. The van der Waals surface area contributed by atoms with Crippen LogP contribution in [0.25, 0.3) is 6.08 Å². The summed E-state index contributed by atoms with van der Waals surface area (Å²) in [6.45, 7) is 2.50. The van der Waals surface area contributed by atoms with Gasteiger partial charge in [-0.3, -0.25) is 9.36 Å². The molecule has 0 radical (unpaired) electrons. The Morgan fingerprint density at radius 3 is 2.35 bits per heavy atom. The van der Waals surface area contributed by atoms with Gasteiger partial charge in [0.25, 0.3) is 5.56 Å². The van der Waals surface area contributed by atoms with Crippen LogP contribution < -0.4 is 29.1 Å². The molecule has 222 valence electrons. The quantitative estimate of drug-likeness (QED) is 0.190. The van der Waals surface area contributed by atoms with Crippen LogP contribution in [0.1, 0.15) is 29.7 Å². The van der Waals surface area contributed by atoms with E-state index in [1.165, 1.54) is 18.4 Å². The summed E-state index contributed by atoms with van der Waals surface area (Å²) >= 11 is 1.26. The lowest BCUT2D eigenvalue weighted by molar-refractivity contribution is -0.140. The molecule has 1 atom stereocenters. The molecule has 0 amide bonds. The van der Waals surface area contributed by atoms with Crippen LogP contribution in [0, 0.1) is 0 Å². The van der Waals surface area contributed by atoms with Crippen molar-refractivity contribution in [3.05, 3.63) is 120 Å². The Balaban J connectivity index is 1.47. The minimum absolute atomic E-state index is 0.0784. The van der Waals surface area contributed by atoms with Crippen molar-refractivity contribution in [1.29, 1.82) is 0 Å². The summed E-state index contributed by atoms with van der Waals surface area (Å²) in [5.74, 6) is 1.48. The molecule has 1 aliphatic heterocycles. The van der Waals surface area contributed by atoms with E-state index in [0.29, 0.717) is 38.7 Å². The van der Waals surface area contributed by atoms with Crippen LogP contribution in [0.2, 0.25) is 0 Å². The molecule has 2 heterocycles. The maximum Gasteiger partial charge on any atom is 0.338 e. The number of benzene rings is 3. The molecule has 1 aromatic heterocycles. The molecule has 0 saturated heterocycles. The summed E-state index contributed by atoms with van der Waals surface area (Å²) in [4.78, 5) is 32.4. The van der Waals surface area contributed by atoms with Crippen LogP contribution in [-0.4, -0.2) is 45.1 Å². The molecule has 0 bridgehead atoms. The predicted molar refractivity (Wildman–Crippen MR) is 163 cm³/mol. The number of carbonyl (C=O) groups is 1. The minimum atomic E-state index is -0.779. The third-order valence-corrected chi connectivity index (χ3v) is 7.92. The Hall–Kier alpha value is -4.67.